The number of piperidine rings is 1. The number of aromatic nitrogens is 3. The molecule has 6 heteroatoms. The second-order valence-electron chi connectivity index (χ2n) is 6.89. The molecule has 1 aliphatic heterocycles. The van der Waals surface area contributed by atoms with Gasteiger partial charge in [-0.25, -0.2) is 4.98 Å². The fourth-order valence-corrected chi connectivity index (χ4v) is 3.65. The molecule has 3 N–H and O–H groups in total. The fourth-order valence-electron chi connectivity index (χ4n) is 3.65. The average molecular weight is 351 g/mol. The molecule has 4 heterocycles. The first-order valence-electron chi connectivity index (χ1n) is 9.31. The van der Waals surface area contributed by atoms with E-state index in [1.54, 1.807) is 0 Å². The van der Waals surface area contributed by atoms with Gasteiger partial charge in [-0.2, -0.15) is 0 Å². The molecule has 4 rings (SSSR count). The van der Waals surface area contributed by atoms with Crippen molar-refractivity contribution in [3.8, 4) is 0 Å². The predicted molar refractivity (Wildman–Crippen MR) is 104 cm³/mol. The van der Waals surface area contributed by atoms with Crippen molar-refractivity contribution in [3.63, 3.8) is 0 Å². The van der Waals surface area contributed by atoms with Gasteiger partial charge in [0.25, 0.3) is 0 Å². The third kappa shape index (κ3) is 3.65. The average Bonchev–Trinajstić information content (AvgIpc) is 3.16. The molecule has 0 spiro atoms. The number of rotatable bonds is 6. The zero-order chi connectivity index (χ0) is 17.8. The maximum atomic E-state index is 9.14. The minimum atomic E-state index is 0.291. The molecule has 3 aromatic rings. The minimum Gasteiger partial charge on any atom is -0.396 e. The van der Waals surface area contributed by atoms with Gasteiger partial charge in [0.2, 0.25) is 0 Å². The van der Waals surface area contributed by atoms with Gasteiger partial charge in [0.05, 0.1) is 17.8 Å². The first-order chi connectivity index (χ1) is 12.8. The number of pyridine rings is 2. The topological polar surface area (TPSA) is 77.1 Å². The predicted octanol–water partition coefficient (Wildman–Crippen LogP) is 3.17. The lowest BCUT2D eigenvalue weighted by Crippen LogP contribution is -2.34. The first kappa shape index (κ1) is 16.8. The van der Waals surface area contributed by atoms with Gasteiger partial charge in [0, 0.05) is 37.5 Å². The third-order valence-electron chi connectivity index (χ3n) is 5.17. The maximum absolute atomic E-state index is 9.14. The van der Waals surface area contributed by atoms with Crippen molar-refractivity contribution < 1.29 is 5.11 Å². The molecule has 1 aliphatic rings. The summed E-state index contributed by atoms with van der Waals surface area (Å²) >= 11 is 0. The number of hydrogen-bond acceptors (Lipinski definition) is 5. The molecule has 3 aromatic heterocycles. The number of hydrogen-bond donors (Lipinski definition) is 3. The summed E-state index contributed by atoms with van der Waals surface area (Å²) in [5.74, 6) is 2.52. The SMILES string of the molecule is OCCC1CCN(c2cc3cc[nH]c3c(NCc3ccccn3)n2)CC1. The van der Waals surface area contributed by atoms with Gasteiger partial charge in [-0.15, -0.1) is 0 Å². The van der Waals surface area contributed by atoms with E-state index in [1.165, 1.54) is 0 Å². The molecule has 0 saturated carbocycles. The van der Waals surface area contributed by atoms with Crippen LogP contribution in [-0.2, 0) is 6.54 Å². The molecular formula is C20H25N5O. The van der Waals surface area contributed by atoms with Gasteiger partial charge in [-0.3, -0.25) is 4.98 Å². The number of anilines is 2. The zero-order valence-corrected chi connectivity index (χ0v) is 14.9. The quantitative estimate of drug-likeness (QED) is 0.636. The van der Waals surface area contributed by atoms with E-state index in [4.69, 9.17) is 10.1 Å². The van der Waals surface area contributed by atoms with Crippen LogP contribution in [0.5, 0.6) is 0 Å². The number of aliphatic hydroxyl groups excluding tert-OH is 1. The monoisotopic (exact) mass is 351 g/mol. The van der Waals surface area contributed by atoms with E-state index in [-0.39, 0.29) is 0 Å². The van der Waals surface area contributed by atoms with Gasteiger partial charge in [-0.1, -0.05) is 6.07 Å². The lowest BCUT2D eigenvalue weighted by Gasteiger charge is -2.32. The summed E-state index contributed by atoms with van der Waals surface area (Å²) in [4.78, 5) is 14.9. The summed E-state index contributed by atoms with van der Waals surface area (Å²) in [6.45, 7) is 2.92. The molecule has 1 saturated heterocycles. The van der Waals surface area contributed by atoms with Crippen molar-refractivity contribution in [1.82, 2.24) is 15.0 Å². The number of nitrogens with zero attached hydrogens (tertiary/aromatic N) is 3. The van der Waals surface area contributed by atoms with Crippen LogP contribution in [-0.4, -0.2) is 39.8 Å². The van der Waals surface area contributed by atoms with E-state index in [0.29, 0.717) is 19.1 Å². The molecule has 0 aromatic carbocycles. The Morgan fingerprint density at radius 2 is 2.12 bits per heavy atom. The number of H-pyrrole nitrogens is 1. The standard InChI is InChI=1S/C20H25N5O/c26-12-7-15-5-10-25(11-6-15)18-13-16-4-9-22-19(16)20(24-18)23-14-17-3-1-2-8-21-17/h1-4,8-9,13,15,22,26H,5-7,10-12,14H2,(H,23,24). The van der Waals surface area contributed by atoms with Crippen LogP contribution in [0.15, 0.2) is 42.7 Å². The zero-order valence-electron chi connectivity index (χ0n) is 14.9. The first-order valence-corrected chi connectivity index (χ1v) is 9.31. The van der Waals surface area contributed by atoms with Crippen molar-refractivity contribution in [2.75, 3.05) is 29.9 Å². The molecule has 0 aliphatic carbocycles. The van der Waals surface area contributed by atoms with Crippen LogP contribution < -0.4 is 10.2 Å². The van der Waals surface area contributed by atoms with Crippen molar-refractivity contribution >= 4 is 22.5 Å². The van der Waals surface area contributed by atoms with Gasteiger partial charge >= 0.3 is 0 Å². The summed E-state index contributed by atoms with van der Waals surface area (Å²) in [6.07, 6.45) is 6.90. The highest BCUT2D eigenvalue weighted by Crippen LogP contribution is 2.29. The second-order valence-corrected chi connectivity index (χ2v) is 6.89. The molecule has 0 bridgehead atoms. The third-order valence-corrected chi connectivity index (χ3v) is 5.17. The summed E-state index contributed by atoms with van der Waals surface area (Å²) in [5, 5.41) is 13.7. The van der Waals surface area contributed by atoms with Crippen LogP contribution in [0.2, 0.25) is 0 Å². The van der Waals surface area contributed by atoms with E-state index >= 15 is 0 Å². The lowest BCUT2D eigenvalue weighted by molar-refractivity contribution is 0.240. The van der Waals surface area contributed by atoms with Gasteiger partial charge in [-0.05, 0) is 49.4 Å². The summed E-state index contributed by atoms with van der Waals surface area (Å²) in [5.41, 5.74) is 2.02. The Kier molecular flexibility index (Phi) is 5.02. The summed E-state index contributed by atoms with van der Waals surface area (Å²) in [7, 11) is 0. The van der Waals surface area contributed by atoms with E-state index in [1.807, 2.05) is 30.6 Å². The van der Waals surface area contributed by atoms with Crippen molar-refractivity contribution in [1.29, 1.82) is 0 Å². The van der Waals surface area contributed by atoms with Gasteiger partial charge in [0.1, 0.15) is 5.82 Å². The molecule has 0 amide bonds. The number of aromatic amines is 1. The van der Waals surface area contributed by atoms with Crippen LogP contribution in [0.1, 0.15) is 25.0 Å². The molecule has 0 radical (unpaired) electrons. The Bertz CT molecular complexity index is 840. The summed E-state index contributed by atoms with van der Waals surface area (Å²) in [6, 6.07) is 10.2. The van der Waals surface area contributed by atoms with Crippen LogP contribution in [0.4, 0.5) is 11.6 Å². The Labute approximate surface area is 153 Å². The molecule has 1 fully saturated rings. The van der Waals surface area contributed by atoms with E-state index in [2.05, 4.69) is 32.3 Å². The molecule has 6 nitrogen and oxygen atoms in total. The second kappa shape index (κ2) is 7.74. The van der Waals surface area contributed by atoms with Gasteiger partial charge < -0.3 is 20.3 Å². The van der Waals surface area contributed by atoms with E-state index in [9.17, 15) is 0 Å². The smallest absolute Gasteiger partial charge is 0.153 e. The van der Waals surface area contributed by atoms with E-state index in [0.717, 1.165) is 60.6 Å². The Morgan fingerprint density at radius 1 is 1.23 bits per heavy atom. The van der Waals surface area contributed by atoms with E-state index < -0.39 is 0 Å². The van der Waals surface area contributed by atoms with Crippen LogP contribution in [0.3, 0.4) is 0 Å². The highest BCUT2D eigenvalue weighted by molar-refractivity contribution is 5.91. The van der Waals surface area contributed by atoms with Crippen LogP contribution >= 0.6 is 0 Å². The largest absolute Gasteiger partial charge is 0.396 e. The maximum Gasteiger partial charge on any atom is 0.153 e. The normalized spacial score (nSPS) is 15.5. The fraction of sp³-hybridized carbons (Fsp3) is 0.400. The number of fused-ring (bicyclic) bond motifs is 1. The number of nitrogens with one attached hydrogen (secondary N) is 2. The Balaban J connectivity index is 1.53. The molecule has 0 atom stereocenters. The summed E-state index contributed by atoms with van der Waals surface area (Å²) < 4.78 is 0. The van der Waals surface area contributed by atoms with Gasteiger partial charge in [0.15, 0.2) is 5.82 Å². The molecule has 0 unspecified atom stereocenters. The molecule has 26 heavy (non-hydrogen) atoms. The highest BCUT2D eigenvalue weighted by Gasteiger charge is 2.21. The minimum absolute atomic E-state index is 0.291. The Morgan fingerprint density at radius 3 is 2.88 bits per heavy atom. The molecular weight excluding hydrogens is 326 g/mol. The van der Waals surface area contributed by atoms with Crippen molar-refractivity contribution in [2.45, 2.75) is 25.8 Å². The van der Waals surface area contributed by atoms with Crippen LogP contribution in [0, 0.1) is 5.92 Å². The van der Waals surface area contributed by atoms with Crippen molar-refractivity contribution in [2.24, 2.45) is 5.92 Å². The van der Waals surface area contributed by atoms with Crippen molar-refractivity contribution in [3.05, 3.63) is 48.4 Å². The molecule has 136 valence electrons. The Hall–Kier alpha value is -2.60. The van der Waals surface area contributed by atoms with Crippen LogP contribution in [0.25, 0.3) is 10.9 Å². The number of aliphatic hydroxyl groups is 1. The highest BCUT2D eigenvalue weighted by atomic mass is 16.3. The lowest BCUT2D eigenvalue weighted by atomic mass is 9.94.